The molecule has 1 rings (SSSR count). The van der Waals surface area contributed by atoms with Crippen LogP contribution in [0.15, 0.2) is 17.0 Å². The standard InChI is InChI=1S/C13H20Cl2N2O2S2/c1-9(4-5-20-3)17(2)21(18,19)12-7-11(14)6-10(8-16)13(12)15/h6-7,9H,4-5,8,16H2,1-3H3. The van der Waals surface area contributed by atoms with Crippen molar-refractivity contribution in [3.8, 4) is 0 Å². The predicted molar refractivity (Wildman–Crippen MR) is 91.8 cm³/mol. The van der Waals surface area contributed by atoms with E-state index >= 15 is 0 Å². The van der Waals surface area contributed by atoms with Crippen LogP contribution in [0.5, 0.6) is 0 Å². The minimum atomic E-state index is -3.70. The van der Waals surface area contributed by atoms with Gasteiger partial charge in [-0.1, -0.05) is 23.2 Å². The van der Waals surface area contributed by atoms with Gasteiger partial charge in [0, 0.05) is 24.7 Å². The Balaban J connectivity index is 3.21. The molecule has 0 spiro atoms. The lowest BCUT2D eigenvalue weighted by Gasteiger charge is -2.25. The molecule has 1 unspecified atom stereocenters. The number of nitrogens with zero attached hydrogens (tertiary/aromatic N) is 1. The van der Waals surface area contributed by atoms with E-state index in [0.29, 0.717) is 10.6 Å². The first kappa shape index (κ1) is 19.1. The molecule has 2 N–H and O–H groups in total. The zero-order valence-corrected chi connectivity index (χ0v) is 15.4. The van der Waals surface area contributed by atoms with E-state index in [4.69, 9.17) is 28.9 Å². The third-order valence-corrected chi connectivity index (χ3v) is 6.73. The lowest BCUT2D eigenvalue weighted by Crippen LogP contribution is -2.35. The van der Waals surface area contributed by atoms with Crippen LogP contribution in [0.3, 0.4) is 0 Å². The maximum Gasteiger partial charge on any atom is 0.244 e. The van der Waals surface area contributed by atoms with Crippen molar-refractivity contribution in [1.82, 2.24) is 4.31 Å². The molecule has 0 saturated carbocycles. The van der Waals surface area contributed by atoms with E-state index in [1.807, 2.05) is 13.2 Å². The molecule has 0 aromatic heterocycles. The molecule has 0 fully saturated rings. The quantitative estimate of drug-likeness (QED) is 0.799. The zero-order chi connectivity index (χ0) is 16.2. The number of rotatable bonds is 7. The van der Waals surface area contributed by atoms with E-state index in [-0.39, 0.29) is 22.5 Å². The van der Waals surface area contributed by atoms with E-state index in [0.717, 1.165) is 12.2 Å². The smallest absolute Gasteiger partial charge is 0.244 e. The predicted octanol–water partition coefficient (Wildman–Crippen LogP) is 3.21. The van der Waals surface area contributed by atoms with Gasteiger partial charge in [0.05, 0.1) is 5.02 Å². The number of benzene rings is 1. The molecular formula is C13H20Cl2N2O2S2. The monoisotopic (exact) mass is 370 g/mol. The highest BCUT2D eigenvalue weighted by Gasteiger charge is 2.28. The summed E-state index contributed by atoms with van der Waals surface area (Å²) in [4.78, 5) is 0.00983. The Morgan fingerprint density at radius 2 is 2.00 bits per heavy atom. The van der Waals surface area contributed by atoms with E-state index in [1.165, 1.54) is 10.4 Å². The lowest BCUT2D eigenvalue weighted by atomic mass is 10.2. The van der Waals surface area contributed by atoms with Gasteiger partial charge in [-0.15, -0.1) is 0 Å². The molecule has 1 aromatic carbocycles. The van der Waals surface area contributed by atoms with Crippen LogP contribution in [-0.2, 0) is 16.6 Å². The Labute approximate surface area is 141 Å². The number of sulfonamides is 1. The van der Waals surface area contributed by atoms with E-state index < -0.39 is 10.0 Å². The summed E-state index contributed by atoms with van der Waals surface area (Å²) < 4.78 is 26.8. The molecule has 0 heterocycles. The van der Waals surface area contributed by atoms with Gasteiger partial charge in [0.25, 0.3) is 0 Å². The summed E-state index contributed by atoms with van der Waals surface area (Å²) in [5, 5.41) is 0.453. The molecule has 0 saturated heterocycles. The van der Waals surface area contributed by atoms with Crippen LogP contribution in [0.25, 0.3) is 0 Å². The first-order valence-electron chi connectivity index (χ1n) is 6.40. The Bertz CT molecular complexity index is 594. The highest BCUT2D eigenvalue weighted by atomic mass is 35.5. The summed E-state index contributed by atoms with van der Waals surface area (Å²) in [6.45, 7) is 2.00. The van der Waals surface area contributed by atoms with Crippen molar-refractivity contribution in [2.75, 3.05) is 19.1 Å². The largest absolute Gasteiger partial charge is 0.326 e. The van der Waals surface area contributed by atoms with Crippen molar-refractivity contribution in [3.05, 3.63) is 27.7 Å². The average Bonchev–Trinajstić information content (AvgIpc) is 2.45. The summed E-state index contributed by atoms with van der Waals surface area (Å²) in [5.74, 6) is 0.887. The van der Waals surface area contributed by atoms with E-state index in [1.54, 1.807) is 24.9 Å². The SMILES string of the molecule is CSCCC(C)N(C)S(=O)(=O)c1cc(Cl)cc(CN)c1Cl. The van der Waals surface area contributed by atoms with Gasteiger partial charge >= 0.3 is 0 Å². The number of halogens is 2. The molecule has 0 aliphatic rings. The molecule has 8 heteroatoms. The van der Waals surface area contributed by atoms with Gasteiger partial charge in [-0.2, -0.15) is 16.1 Å². The summed E-state index contributed by atoms with van der Waals surface area (Å²) in [5.41, 5.74) is 6.10. The minimum Gasteiger partial charge on any atom is -0.326 e. The first-order chi connectivity index (χ1) is 9.75. The normalized spacial score (nSPS) is 13.7. The number of thioether (sulfide) groups is 1. The third kappa shape index (κ3) is 4.50. The number of hydrogen-bond donors (Lipinski definition) is 1. The highest BCUT2D eigenvalue weighted by Crippen LogP contribution is 2.31. The van der Waals surface area contributed by atoms with Crippen molar-refractivity contribution in [2.45, 2.75) is 30.8 Å². The molecule has 0 amide bonds. The molecule has 0 aliphatic heterocycles. The molecule has 0 bridgehead atoms. The van der Waals surface area contributed by atoms with Crippen molar-refractivity contribution < 1.29 is 8.42 Å². The number of nitrogens with two attached hydrogens (primary N) is 1. The fourth-order valence-electron chi connectivity index (χ4n) is 1.82. The van der Waals surface area contributed by atoms with Crippen molar-refractivity contribution in [3.63, 3.8) is 0 Å². The van der Waals surface area contributed by atoms with Crippen molar-refractivity contribution >= 4 is 45.0 Å². The van der Waals surface area contributed by atoms with E-state index in [2.05, 4.69) is 0 Å². The van der Waals surface area contributed by atoms with Gasteiger partial charge < -0.3 is 5.73 Å². The van der Waals surface area contributed by atoms with E-state index in [9.17, 15) is 8.42 Å². The molecule has 1 aromatic rings. The second-order valence-electron chi connectivity index (χ2n) is 4.73. The van der Waals surface area contributed by atoms with Gasteiger partial charge in [-0.05, 0) is 43.0 Å². The summed E-state index contributed by atoms with van der Waals surface area (Å²) in [6.07, 6.45) is 2.75. The van der Waals surface area contributed by atoms with Crippen LogP contribution >= 0.6 is 35.0 Å². The Morgan fingerprint density at radius 1 is 1.38 bits per heavy atom. The molecule has 0 aliphatic carbocycles. The molecule has 120 valence electrons. The fourth-order valence-corrected chi connectivity index (χ4v) is 4.70. The number of hydrogen-bond acceptors (Lipinski definition) is 4. The molecule has 21 heavy (non-hydrogen) atoms. The summed E-state index contributed by atoms with van der Waals surface area (Å²) in [6, 6.07) is 2.83. The zero-order valence-electron chi connectivity index (χ0n) is 12.3. The summed E-state index contributed by atoms with van der Waals surface area (Å²) in [7, 11) is -2.15. The van der Waals surface area contributed by atoms with Gasteiger partial charge in [-0.3, -0.25) is 0 Å². The van der Waals surface area contributed by atoms with Crippen LogP contribution in [0.1, 0.15) is 18.9 Å². The molecule has 1 atom stereocenters. The fraction of sp³-hybridized carbons (Fsp3) is 0.538. The molecule has 4 nitrogen and oxygen atoms in total. The van der Waals surface area contributed by atoms with Crippen LogP contribution in [-0.4, -0.2) is 37.8 Å². The first-order valence-corrected chi connectivity index (χ1v) is 9.99. The van der Waals surface area contributed by atoms with Gasteiger partial charge in [0.2, 0.25) is 10.0 Å². The van der Waals surface area contributed by atoms with Gasteiger partial charge in [-0.25, -0.2) is 8.42 Å². The average molecular weight is 371 g/mol. The Morgan fingerprint density at radius 3 is 2.52 bits per heavy atom. The van der Waals surface area contributed by atoms with Crippen LogP contribution in [0.2, 0.25) is 10.0 Å². The van der Waals surface area contributed by atoms with Crippen molar-refractivity contribution in [2.24, 2.45) is 5.73 Å². The molecule has 0 radical (unpaired) electrons. The van der Waals surface area contributed by atoms with Crippen LogP contribution < -0.4 is 5.73 Å². The Hall–Kier alpha value is 0.0200. The maximum atomic E-state index is 12.7. The molecular weight excluding hydrogens is 351 g/mol. The van der Waals surface area contributed by atoms with Gasteiger partial charge in [0.15, 0.2) is 0 Å². The minimum absolute atomic E-state index is 0.00983. The lowest BCUT2D eigenvalue weighted by molar-refractivity contribution is 0.382. The van der Waals surface area contributed by atoms with Crippen LogP contribution in [0, 0.1) is 0 Å². The highest BCUT2D eigenvalue weighted by molar-refractivity contribution is 7.98. The van der Waals surface area contributed by atoms with Crippen molar-refractivity contribution in [1.29, 1.82) is 0 Å². The second-order valence-corrected chi connectivity index (χ2v) is 8.50. The second kappa shape index (κ2) is 8.04. The maximum absolute atomic E-state index is 12.7. The topological polar surface area (TPSA) is 63.4 Å². The van der Waals surface area contributed by atoms with Crippen LogP contribution in [0.4, 0.5) is 0 Å². The third-order valence-electron chi connectivity index (χ3n) is 3.32. The Kier molecular flexibility index (Phi) is 7.30. The van der Waals surface area contributed by atoms with Gasteiger partial charge in [0.1, 0.15) is 4.90 Å². The summed E-state index contributed by atoms with van der Waals surface area (Å²) >= 11 is 13.8.